The van der Waals surface area contributed by atoms with E-state index in [1.165, 1.54) is 16.7 Å². The van der Waals surface area contributed by atoms with Crippen LogP contribution in [0.5, 0.6) is 0 Å². The van der Waals surface area contributed by atoms with Gasteiger partial charge in [-0.15, -0.1) is 0 Å². The lowest BCUT2D eigenvalue weighted by molar-refractivity contribution is 0.180. The van der Waals surface area contributed by atoms with Crippen molar-refractivity contribution in [3.63, 3.8) is 0 Å². The first-order valence-corrected chi connectivity index (χ1v) is 6.05. The molecule has 2 N–H and O–H groups in total. The number of fused-ring (bicyclic) bond motifs is 1. The van der Waals surface area contributed by atoms with Gasteiger partial charge in [0, 0.05) is 6.54 Å². The second-order valence-electron chi connectivity index (χ2n) is 4.66. The lowest BCUT2D eigenvalue weighted by Crippen LogP contribution is -2.21. The number of aliphatic hydroxyl groups excluding tert-OH is 1. The number of rotatable bonds is 1. The Kier molecular flexibility index (Phi) is 2.54. The van der Waals surface area contributed by atoms with Crippen LogP contribution in [-0.2, 0) is 6.42 Å². The van der Waals surface area contributed by atoms with Crippen molar-refractivity contribution in [1.29, 1.82) is 0 Å². The highest BCUT2D eigenvalue weighted by Gasteiger charge is 2.20. The van der Waals surface area contributed by atoms with Crippen molar-refractivity contribution in [1.82, 2.24) is 5.32 Å². The summed E-state index contributed by atoms with van der Waals surface area (Å²) in [4.78, 5) is 0. The molecule has 0 spiro atoms. The molecule has 0 radical (unpaired) electrons. The maximum absolute atomic E-state index is 9.76. The largest absolute Gasteiger partial charge is 0.388 e. The first-order valence-electron chi connectivity index (χ1n) is 6.05. The minimum Gasteiger partial charge on any atom is -0.388 e. The second kappa shape index (κ2) is 4.04. The summed E-state index contributed by atoms with van der Waals surface area (Å²) in [6.45, 7) is 2.06. The van der Waals surface area contributed by atoms with Crippen molar-refractivity contribution < 1.29 is 5.11 Å². The van der Waals surface area contributed by atoms with E-state index in [4.69, 9.17) is 0 Å². The summed E-state index contributed by atoms with van der Waals surface area (Å²) < 4.78 is 0. The van der Waals surface area contributed by atoms with Crippen LogP contribution in [0, 0.1) is 0 Å². The molecule has 0 bridgehead atoms. The van der Waals surface area contributed by atoms with E-state index in [0.29, 0.717) is 0 Å². The molecule has 3 rings (SSSR count). The summed E-state index contributed by atoms with van der Waals surface area (Å²) in [5.74, 6) is 0. The van der Waals surface area contributed by atoms with E-state index >= 15 is 0 Å². The molecule has 0 amide bonds. The smallest absolute Gasteiger partial charge is 0.0795 e. The Morgan fingerprint density at radius 3 is 3.06 bits per heavy atom. The summed E-state index contributed by atoms with van der Waals surface area (Å²) in [5.41, 5.74) is 5.18. The van der Waals surface area contributed by atoms with E-state index in [1.807, 2.05) is 0 Å². The monoisotopic (exact) mass is 215 g/mol. The van der Waals surface area contributed by atoms with Crippen molar-refractivity contribution >= 4 is 5.57 Å². The van der Waals surface area contributed by atoms with Crippen LogP contribution in [0.25, 0.3) is 5.57 Å². The summed E-state index contributed by atoms with van der Waals surface area (Å²) in [5, 5.41) is 13.1. The van der Waals surface area contributed by atoms with E-state index in [9.17, 15) is 5.11 Å². The molecule has 0 fully saturated rings. The van der Waals surface area contributed by atoms with Gasteiger partial charge in [0.25, 0.3) is 0 Å². The van der Waals surface area contributed by atoms with Crippen LogP contribution in [0.15, 0.2) is 24.3 Å². The van der Waals surface area contributed by atoms with E-state index in [1.54, 1.807) is 0 Å². The van der Waals surface area contributed by atoms with Crippen LogP contribution in [-0.4, -0.2) is 18.2 Å². The van der Waals surface area contributed by atoms with Crippen molar-refractivity contribution in [3.8, 4) is 0 Å². The Balaban J connectivity index is 1.95. The van der Waals surface area contributed by atoms with Gasteiger partial charge in [0.2, 0.25) is 0 Å². The molecule has 2 aliphatic rings. The Morgan fingerprint density at radius 1 is 1.31 bits per heavy atom. The average molecular weight is 215 g/mol. The van der Waals surface area contributed by atoms with Gasteiger partial charge in [0.1, 0.15) is 0 Å². The van der Waals surface area contributed by atoms with Crippen molar-refractivity contribution in [2.75, 3.05) is 13.1 Å². The number of hydrogen-bond donors (Lipinski definition) is 2. The fraction of sp³-hybridized carbons (Fsp3) is 0.429. The highest BCUT2D eigenvalue weighted by Crippen LogP contribution is 2.33. The molecule has 1 unspecified atom stereocenters. The highest BCUT2D eigenvalue weighted by atomic mass is 16.3. The number of aliphatic hydroxyl groups is 1. The molecule has 2 nitrogen and oxygen atoms in total. The molecule has 0 aromatic heterocycles. The van der Waals surface area contributed by atoms with Crippen LogP contribution >= 0.6 is 0 Å². The maximum atomic E-state index is 9.76. The molecule has 1 heterocycles. The zero-order valence-electron chi connectivity index (χ0n) is 9.37. The zero-order valence-corrected chi connectivity index (χ0v) is 9.37. The number of nitrogens with one attached hydrogen (secondary N) is 1. The van der Waals surface area contributed by atoms with Crippen LogP contribution in [0.1, 0.15) is 35.6 Å². The molecule has 1 aromatic rings. The predicted molar refractivity (Wildman–Crippen MR) is 65.2 cm³/mol. The van der Waals surface area contributed by atoms with Gasteiger partial charge in [0.15, 0.2) is 0 Å². The van der Waals surface area contributed by atoms with Gasteiger partial charge in [-0.25, -0.2) is 0 Å². The fourth-order valence-electron chi connectivity index (χ4n) is 2.66. The van der Waals surface area contributed by atoms with Gasteiger partial charge < -0.3 is 10.4 Å². The summed E-state index contributed by atoms with van der Waals surface area (Å²) in [6, 6.07) is 6.49. The third-order valence-electron chi connectivity index (χ3n) is 3.59. The first kappa shape index (κ1) is 10.1. The number of aryl methyl sites for hydroxylation is 1. The fourth-order valence-corrected chi connectivity index (χ4v) is 2.66. The quantitative estimate of drug-likeness (QED) is 0.751. The SMILES string of the molecule is OC1CCc2cc(C3=CCCNC3)ccc21. The van der Waals surface area contributed by atoms with Crippen molar-refractivity contribution in [2.45, 2.75) is 25.4 Å². The van der Waals surface area contributed by atoms with Crippen LogP contribution in [0.4, 0.5) is 0 Å². The van der Waals surface area contributed by atoms with Crippen molar-refractivity contribution in [3.05, 3.63) is 41.0 Å². The number of hydrogen-bond acceptors (Lipinski definition) is 2. The molecule has 1 atom stereocenters. The molecule has 2 heteroatoms. The topological polar surface area (TPSA) is 32.3 Å². The maximum Gasteiger partial charge on any atom is 0.0795 e. The molecule has 1 aliphatic carbocycles. The number of benzene rings is 1. The van der Waals surface area contributed by atoms with Gasteiger partial charge in [-0.3, -0.25) is 0 Å². The Hall–Kier alpha value is -1.12. The van der Waals surface area contributed by atoms with Crippen LogP contribution in [0.2, 0.25) is 0 Å². The lowest BCUT2D eigenvalue weighted by atomic mass is 9.98. The molecule has 0 saturated heterocycles. The van der Waals surface area contributed by atoms with E-state index in [0.717, 1.165) is 37.9 Å². The second-order valence-corrected chi connectivity index (χ2v) is 4.66. The van der Waals surface area contributed by atoms with Gasteiger partial charge in [-0.05, 0) is 48.1 Å². The lowest BCUT2D eigenvalue weighted by Gasteiger charge is -2.15. The van der Waals surface area contributed by atoms with Gasteiger partial charge in [0.05, 0.1) is 6.10 Å². The highest BCUT2D eigenvalue weighted by molar-refractivity contribution is 5.68. The molecule has 1 aromatic carbocycles. The molecular formula is C14H17NO. The standard InChI is InChI=1S/C14H17NO/c16-14-6-4-11-8-10(3-5-13(11)14)12-2-1-7-15-9-12/h2-3,5,8,14-16H,1,4,6-7,9H2. The Morgan fingerprint density at radius 2 is 2.25 bits per heavy atom. The summed E-state index contributed by atoms with van der Waals surface area (Å²) in [7, 11) is 0. The molecule has 0 saturated carbocycles. The predicted octanol–water partition coefficient (Wildman–Crippen LogP) is 2.04. The van der Waals surface area contributed by atoms with E-state index in [-0.39, 0.29) is 6.10 Å². The van der Waals surface area contributed by atoms with E-state index in [2.05, 4.69) is 29.6 Å². The summed E-state index contributed by atoms with van der Waals surface area (Å²) >= 11 is 0. The van der Waals surface area contributed by atoms with Gasteiger partial charge in [-0.2, -0.15) is 0 Å². The van der Waals surface area contributed by atoms with E-state index < -0.39 is 0 Å². The molecule has 84 valence electrons. The first-order chi connectivity index (χ1) is 7.84. The Labute approximate surface area is 96.0 Å². The normalized spacial score (nSPS) is 24.1. The third kappa shape index (κ3) is 1.68. The van der Waals surface area contributed by atoms with Crippen molar-refractivity contribution in [2.24, 2.45) is 0 Å². The van der Waals surface area contributed by atoms with Crippen LogP contribution < -0.4 is 5.32 Å². The molecule has 1 aliphatic heterocycles. The molecule has 16 heavy (non-hydrogen) atoms. The molecular weight excluding hydrogens is 198 g/mol. The van der Waals surface area contributed by atoms with Crippen LogP contribution in [0.3, 0.4) is 0 Å². The summed E-state index contributed by atoms with van der Waals surface area (Å²) in [6.07, 6.45) is 5.11. The van der Waals surface area contributed by atoms with Gasteiger partial charge >= 0.3 is 0 Å². The third-order valence-corrected chi connectivity index (χ3v) is 3.59. The van der Waals surface area contributed by atoms with Gasteiger partial charge in [-0.1, -0.05) is 24.3 Å². The minimum absolute atomic E-state index is 0.234. The average Bonchev–Trinajstić information content (AvgIpc) is 2.72. The zero-order chi connectivity index (χ0) is 11.0. The minimum atomic E-state index is -0.234. The Bertz CT molecular complexity index is 436.